The summed E-state index contributed by atoms with van der Waals surface area (Å²) < 4.78 is 26.8. The van der Waals surface area contributed by atoms with Crippen LogP contribution in [0.3, 0.4) is 0 Å². The van der Waals surface area contributed by atoms with Gasteiger partial charge in [0.05, 0.1) is 12.9 Å². The van der Waals surface area contributed by atoms with E-state index >= 15 is 0 Å². The van der Waals surface area contributed by atoms with Crippen molar-refractivity contribution in [2.75, 3.05) is 20.2 Å². The van der Waals surface area contributed by atoms with Gasteiger partial charge in [0, 0.05) is 32.1 Å². The lowest BCUT2D eigenvalue weighted by molar-refractivity contribution is 0.275. The van der Waals surface area contributed by atoms with Crippen LogP contribution in [0.15, 0.2) is 12.5 Å². The van der Waals surface area contributed by atoms with Gasteiger partial charge in [-0.05, 0) is 6.42 Å². The van der Waals surface area contributed by atoms with Crippen LogP contribution in [0, 0.1) is 0 Å². The number of H-pyrrole nitrogens is 1. The summed E-state index contributed by atoms with van der Waals surface area (Å²) in [5.41, 5.74) is 0.694. The first-order chi connectivity index (χ1) is 7.56. The summed E-state index contributed by atoms with van der Waals surface area (Å²) in [6.07, 6.45) is 3.46. The van der Waals surface area contributed by atoms with Crippen LogP contribution in [0.4, 0.5) is 0 Å². The Balaban J connectivity index is 2.45. The summed E-state index contributed by atoms with van der Waals surface area (Å²) in [4.78, 5) is 6.58. The molecule has 0 atom stereocenters. The molecule has 16 heavy (non-hydrogen) atoms. The molecule has 1 rings (SSSR count). The molecule has 0 aliphatic heterocycles. The van der Waals surface area contributed by atoms with Gasteiger partial charge in [-0.15, -0.1) is 0 Å². The number of rotatable bonds is 7. The highest BCUT2D eigenvalue weighted by atomic mass is 32.2. The highest BCUT2D eigenvalue weighted by molar-refractivity contribution is 7.87. The van der Waals surface area contributed by atoms with E-state index in [9.17, 15) is 8.42 Å². The number of hydrogen-bond acceptors (Lipinski definition) is 4. The van der Waals surface area contributed by atoms with Gasteiger partial charge in [-0.25, -0.2) is 4.98 Å². The zero-order chi connectivity index (χ0) is 12.0. The monoisotopic (exact) mass is 248 g/mol. The number of aromatic nitrogens is 2. The van der Waals surface area contributed by atoms with Crippen molar-refractivity contribution in [3.8, 4) is 0 Å². The Labute approximate surface area is 94.7 Å². The Morgan fingerprint density at radius 3 is 2.94 bits per heavy atom. The fourth-order valence-electron chi connectivity index (χ4n) is 1.07. The van der Waals surface area contributed by atoms with E-state index in [4.69, 9.17) is 5.11 Å². The lowest BCUT2D eigenvalue weighted by atomic mass is 10.5. The van der Waals surface area contributed by atoms with Crippen molar-refractivity contribution in [1.29, 1.82) is 0 Å². The van der Waals surface area contributed by atoms with E-state index in [-0.39, 0.29) is 19.7 Å². The van der Waals surface area contributed by atoms with E-state index in [0.717, 1.165) is 0 Å². The van der Waals surface area contributed by atoms with E-state index in [1.165, 1.54) is 17.7 Å². The second-order valence-corrected chi connectivity index (χ2v) is 5.16. The second-order valence-electron chi connectivity index (χ2n) is 3.30. The fourth-order valence-corrected chi connectivity index (χ4v) is 2.00. The van der Waals surface area contributed by atoms with Gasteiger partial charge in [0.15, 0.2) is 0 Å². The van der Waals surface area contributed by atoms with Gasteiger partial charge >= 0.3 is 0 Å². The summed E-state index contributed by atoms with van der Waals surface area (Å²) in [7, 11) is -2.02. The van der Waals surface area contributed by atoms with Crippen molar-refractivity contribution >= 4 is 10.2 Å². The van der Waals surface area contributed by atoms with Gasteiger partial charge in [0.1, 0.15) is 0 Å². The molecule has 0 saturated carbocycles. The van der Waals surface area contributed by atoms with Crippen molar-refractivity contribution in [3.63, 3.8) is 0 Å². The maximum Gasteiger partial charge on any atom is 0.279 e. The number of aromatic amines is 1. The normalized spacial score (nSPS) is 12.2. The summed E-state index contributed by atoms with van der Waals surface area (Å²) in [5.74, 6) is 0. The molecule has 8 heteroatoms. The van der Waals surface area contributed by atoms with Crippen LogP contribution in [-0.4, -0.2) is 48.0 Å². The zero-order valence-corrected chi connectivity index (χ0v) is 9.87. The van der Waals surface area contributed by atoms with Crippen molar-refractivity contribution in [2.24, 2.45) is 0 Å². The standard InChI is InChI=1S/C8H16N4O3S/c1-12(3-2-4-13)16(14,15)11-6-8-5-9-7-10-8/h5,7,11,13H,2-4,6H2,1H3,(H,9,10). The minimum Gasteiger partial charge on any atom is -0.396 e. The fraction of sp³-hybridized carbons (Fsp3) is 0.625. The summed E-state index contributed by atoms with van der Waals surface area (Å²) >= 11 is 0. The van der Waals surface area contributed by atoms with Crippen molar-refractivity contribution < 1.29 is 13.5 Å². The molecule has 7 nitrogen and oxygen atoms in total. The molecular weight excluding hydrogens is 232 g/mol. The molecule has 1 aromatic rings. The highest BCUT2D eigenvalue weighted by Crippen LogP contribution is 1.98. The molecule has 1 aromatic heterocycles. The molecule has 92 valence electrons. The Bertz CT molecular complexity index is 389. The Hall–Kier alpha value is -0.960. The predicted octanol–water partition coefficient (Wildman–Crippen LogP) is -0.942. The first kappa shape index (κ1) is 13.1. The average Bonchev–Trinajstić information content (AvgIpc) is 2.76. The molecular formula is C8H16N4O3S. The van der Waals surface area contributed by atoms with Crippen LogP contribution in [0.2, 0.25) is 0 Å². The first-order valence-corrected chi connectivity index (χ1v) is 6.29. The molecule has 3 N–H and O–H groups in total. The van der Waals surface area contributed by atoms with Crippen LogP contribution in [0.1, 0.15) is 12.1 Å². The van der Waals surface area contributed by atoms with Gasteiger partial charge in [-0.3, -0.25) is 0 Å². The predicted molar refractivity (Wildman–Crippen MR) is 58.7 cm³/mol. The number of aliphatic hydroxyl groups excluding tert-OH is 1. The van der Waals surface area contributed by atoms with Gasteiger partial charge in [0.2, 0.25) is 0 Å². The average molecular weight is 248 g/mol. The molecule has 0 aliphatic carbocycles. The van der Waals surface area contributed by atoms with Crippen molar-refractivity contribution in [2.45, 2.75) is 13.0 Å². The molecule has 0 amide bonds. The van der Waals surface area contributed by atoms with Gasteiger partial charge in [-0.2, -0.15) is 17.4 Å². The number of imidazole rings is 1. The highest BCUT2D eigenvalue weighted by Gasteiger charge is 2.16. The van der Waals surface area contributed by atoms with Crippen LogP contribution in [0.25, 0.3) is 0 Å². The molecule has 0 radical (unpaired) electrons. The van der Waals surface area contributed by atoms with Crippen LogP contribution in [0.5, 0.6) is 0 Å². The quantitative estimate of drug-likeness (QED) is 0.580. The summed E-state index contributed by atoms with van der Waals surface area (Å²) in [5, 5.41) is 8.61. The Kier molecular flexibility index (Phi) is 4.87. The number of aliphatic hydroxyl groups is 1. The van der Waals surface area contributed by atoms with Crippen LogP contribution in [-0.2, 0) is 16.8 Å². The minimum absolute atomic E-state index is 0.0274. The molecule has 0 fully saturated rings. The molecule has 0 aromatic carbocycles. The number of hydrogen-bond donors (Lipinski definition) is 3. The van der Waals surface area contributed by atoms with Crippen molar-refractivity contribution in [1.82, 2.24) is 19.0 Å². The van der Waals surface area contributed by atoms with E-state index < -0.39 is 10.2 Å². The maximum atomic E-state index is 11.6. The van der Waals surface area contributed by atoms with E-state index in [1.807, 2.05) is 0 Å². The number of nitrogens with zero attached hydrogens (tertiary/aromatic N) is 2. The Morgan fingerprint density at radius 2 is 2.38 bits per heavy atom. The second kappa shape index (κ2) is 5.94. The number of nitrogens with one attached hydrogen (secondary N) is 2. The lowest BCUT2D eigenvalue weighted by Crippen LogP contribution is -2.38. The summed E-state index contributed by atoms with van der Waals surface area (Å²) in [6, 6.07) is 0. The minimum atomic E-state index is -3.48. The largest absolute Gasteiger partial charge is 0.396 e. The first-order valence-electron chi connectivity index (χ1n) is 4.85. The van der Waals surface area contributed by atoms with E-state index in [1.54, 1.807) is 6.20 Å². The Morgan fingerprint density at radius 1 is 1.62 bits per heavy atom. The molecule has 0 saturated heterocycles. The topological polar surface area (TPSA) is 98.3 Å². The molecule has 0 bridgehead atoms. The molecule has 0 spiro atoms. The van der Waals surface area contributed by atoms with Crippen LogP contribution < -0.4 is 4.72 Å². The SMILES string of the molecule is CN(CCCO)S(=O)(=O)NCc1cnc[nH]1. The lowest BCUT2D eigenvalue weighted by Gasteiger charge is -2.16. The van der Waals surface area contributed by atoms with E-state index in [0.29, 0.717) is 12.1 Å². The van der Waals surface area contributed by atoms with E-state index in [2.05, 4.69) is 14.7 Å². The third kappa shape index (κ3) is 3.89. The third-order valence-corrected chi connectivity index (χ3v) is 3.55. The third-order valence-electron chi connectivity index (χ3n) is 2.04. The smallest absolute Gasteiger partial charge is 0.279 e. The molecule has 0 aliphatic rings. The summed E-state index contributed by atoms with van der Waals surface area (Å²) in [6.45, 7) is 0.432. The van der Waals surface area contributed by atoms with Gasteiger partial charge in [0.25, 0.3) is 10.2 Å². The zero-order valence-electron chi connectivity index (χ0n) is 9.05. The molecule has 1 heterocycles. The maximum absolute atomic E-state index is 11.6. The van der Waals surface area contributed by atoms with Crippen LogP contribution >= 0.6 is 0 Å². The van der Waals surface area contributed by atoms with Crippen molar-refractivity contribution in [3.05, 3.63) is 18.2 Å². The van der Waals surface area contributed by atoms with Gasteiger partial charge < -0.3 is 10.1 Å². The van der Waals surface area contributed by atoms with Gasteiger partial charge in [-0.1, -0.05) is 0 Å². The molecule has 0 unspecified atom stereocenters.